The minimum Gasteiger partial charge on any atom is -0.266 e. The quantitative estimate of drug-likeness (QED) is 0.333. The van der Waals surface area contributed by atoms with Crippen LogP contribution in [0.2, 0.25) is 0 Å². The fourth-order valence-electron chi connectivity index (χ4n) is 1.62. The zero-order chi connectivity index (χ0) is 16.3. The second-order valence-corrected chi connectivity index (χ2v) is 3.70. The molecule has 112 valence electrons. The average Bonchev–Trinajstić information content (AvgIpc) is 2.29. The van der Waals surface area contributed by atoms with E-state index < -0.39 is 49.6 Å². The van der Waals surface area contributed by atoms with Crippen LogP contribution in [0.15, 0.2) is 0 Å². The van der Waals surface area contributed by atoms with Crippen molar-refractivity contribution in [1.82, 2.24) is 0 Å². The van der Waals surface area contributed by atoms with Crippen LogP contribution in [-0.4, -0.2) is 36.8 Å². The van der Waals surface area contributed by atoms with Crippen molar-refractivity contribution in [2.24, 2.45) is 0 Å². The van der Waals surface area contributed by atoms with Crippen LogP contribution in [0.3, 0.4) is 0 Å². The Balaban J connectivity index is 6.40. The summed E-state index contributed by atoms with van der Waals surface area (Å²) in [5.74, 6) is -2.28. The molecular weight excluding hydrogens is 284 g/mol. The third kappa shape index (κ3) is 2.02. The molecule has 0 fully saturated rings. The first kappa shape index (κ1) is 17.3. The van der Waals surface area contributed by atoms with Gasteiger partial charge in [-0.3, -0.25) is 45.3 Å². The number of hydrogen-bond donors (Lipinski definition) is 0. The van der Waals surface area contributed by atoms with Gasteiger partial charge < -0.3 is 0 Å². The highest BCUT2D eigenvalue weighted by molar-refractivity contribution is 5.91. The van der Waals surface area contributed by atoms with Gasteiger partial charge in [0.1, 0.15) is 19.7 Å². The third-order valence-electron chi connectivity index (χ3n) is 2.92. The van der Waals surface area contributed by atoms with Crippen molar-refractivity contribution in [1.29, 1.82) is 0 Å². The van der Waals surface area contributed by atoms with Crippen molar-refractivity contribution in [2.45, 2.75) is 38.0 Å². The Hall–Kier alpha value is -2.73. The van der Waals surface area contributed by atoms with E-state index >= 15 is 0 Å². The van der Waals surface area contributed by atoms with E-state index in [-0.39, 0.29) is 0 Å². The number of carbonyl (C=O) groups is 1. The van der Waals surface area contributed by atoms with Gasteiger partial charge in [0.25, 0.3) is 0 Å². The van der Waals surface area contributed by atoms with Crippen LogP contribution in [0.1, 0.15) is 26.7 Å². The Labute approximate surface area is 110 Å². The molecule has 20 heavy (non-hydrogen) atoms. The summed E-state index contributed by atoms with van der Waals surface area (Å²) < 4.78 is 0. The number of nitro groups is 4. The smallest absolute Gasteiger partial charge is 0.266 e. The molecule has 0 aromatic rings. The van der Waals surface area contributed by atoms with Crippen LogP contribution in [-0.2, 0) is 4.79 Å². The molecule has 0 atom stereocenters. The first-order chi connectivity index (χ1) is 9.05. The molecular formula is C7H10N4O9. The fraction of sp³-hybridized carbons (Fsp3) is 0.857. The minimum atomic E-state index is -3.63. The predicted octanol–water partition coefficient (Wildman–Crippen LogP) is -0.125. The van der Waals surface area contributed by atoms with E-state index in [0.29, 0.717) is 0 Å². The molecule has 0 aliphatic rings. The molecule has 0 aliphatic carbocycles. The highest BCUT2D eigenvalue weighted by Crippen LogP contribution is 2.29. The van der Waals surface area contributed by atoms with Crippen molar-refractivity contribution in [2.75, 3.05) is 0 Å². The molecule has 0 saturated heterocycles. The molecule has 13 heteroatoms. The van der Waals surface area contributed by atoms with E-state index in [1.54, 1.807) is 0 Å². The van der Waals surface area contributed by atoms with Gasteiger partial charge in [-0.05, 0) is 0 Å². The maximum Gasteiger partial charge on any atom is 0.530 e. The number of carbonyl (C=O) groups excluding carboxylic acids is 1. The van der Waals surface area contributed by atoms with Crippen molar-refractivity contribution in [3.63, 3.8) is 0 Å². The second-order valence-electron chi connectivity index (χ2n) is 3.70. The lowest BCUT2D eigenvalue weighted by Gasteiger charge is -2.18. The monoisotopic (exact) mass is 294 g/mol. The predicted molar refractivity (Wildman–Crippen MR) is 59.0 cm³/mol. The van der Waals surface area contributed by atoms with Gasteiger partial charge in [0.15, 0.2) is 0 Å². The first-order valence-corrected chi connectivity index (χ1v) is 5.18. The molecule has 0 amide bonds. The standard InChI is InChI=1S/C7H10N4O9/c1-3-6(8(13)14,9(15)16)5(12)7(4-2,10(17)18)11(19)20/h3-4H2,1-2H3. The van der Waals surface area contributed by atoms with Crippen LogP contribution >= 0.6 is 0 Å². The number of Topliss-reactive ketones (excluding diaryl/α,β-unsaturated/α-hetero) is 1. The van der Waals surface area contributed by atoms with Crippen LogP contribution in [0.5, 0.6) is 0 Å². The number of ketones is 1. The summed E-state index contributed by atoms with van der Waals surface area (Å²) in [7, 11) is 0. The third-order valence-corrected chi connectivity index (χ3v) is 2.92. The summed E-state index contributed by atoms with van der Waals surface area (Å²) in [6.07, 6.45) is -2.12. The summed E-state index contributed by atoms with van der Waals surface area (Å²) in [6, 6.07) is 0. The SMILES string of the molecule is CCC(C(=O)C(CC)([N+](=O)[O-])[N+](=O)[O-])([N+](=O)[O-])[N+](=O)[O-]. The number of rotatable bonds is 8. The summed E-state index contributed by atoms with van der Waals surface area (Å²) in [5.41, 5.74) is -7.26. The molecule has 0 bridgehead atoms. The molecule has 0 N–H and O–H groups in total. The average molecular weight is 294 g/mol. The Morgan fingerprint density at radius 2 is 0.950 bits per heavy atom. The Bertz CT molecular complexity index is 417. The van der Waals surface area contributed by atoms with Gasteiger partial charge in [-0.25, -0.2) is 0 Å². The Morgan fingerprint density at radius 3 is 1.05 bits per heavy atom. The van der Waals surface area contributed by atoms with Crippen LogP contribution in [0.4, 0.5) is 0 Å². The molecule has 13 nitrogen and oxygen atoms in total. The molecule has 0 saturated carbocycles. The molecule has 0 heterocycles. The summed E-state index contributed by atoms with van der Waals surface area (Å²) in [4.78, 5) is 48.7. The van der Waals surface area contributed by atoms with Crippen LogP contribution in [0.25, 0.3) is 0 Å². The number of nitrogens with zero attached hydrogens (tertiary/aromatic N) is 4. The summed E-state index contributed by atoms with van der Waals surface area (Å²) in [6.45, 7) is 1.73. The second kappa shape index (κ2) is 5.50. The lowest BCUT2D eigenvalue weighted by atomic mass is 9.90. The molecule has 0 unspecified atom stereocenters. The van der Waals surface area contributed by atoms with E-state index in [0.717, 1.165) is 13.8 Å². The first-order valence-electron chi connectivity index (χ1n) is 5.18. The van der Waals surface area contributed by atoms with E-state index in [1.807, 2.05) is 0 Å². The maximum atomic E-state index is 11.9. The van der Waals surface area contributed by atoms with Gasteiger partial charge in [-0.15, -0.1) is 0 Å². The van der Waals surface area contributed by atoms with Gasteiger partial charge in [-0.2, -0.15) is 0 Å². The molecule has 0 aliphatic heterocycles. The lowest BCUT2D eigenvalue weighted by molar-refractivity contribution is -0.807. The van der Waals surface area contributed by atoms with Crippen molar-refractivity contribution < 1.29 is 24.5 Å². The Morgan fingerprint density at radius 1 is 0.750 bits per heavy atom. The van der Waals surface area contributed by atoms with Gasteiger partial charge in [0.05, 0.1) is 12.8 Å². The highest BCUT2D eigenvalue weighted by Gasteiger charge is 2.80. The van der Waals surface area contributed by atoms with Gasteiger partial charge >= 0.3 is 17.1 Å². The molecule has 0 radical (unpaired) electrons. The lowest BCUT2D eigenvalue weighted by Crippen LogP contribution is -2.66. The summed E-state index contributed by atoms with van der Waals surface area (Å²) in [5, 5.41) is 43.4. The highest BCUT2D eigenvalue weighted by atomic mass is 16.7. The van der Waals surface area contributed by atoms with Crippen molar-refractivity contribution in [3.05, 3.63) is 40.5 Å². The number of hydrogen-bond acceptors (Lipinski definition) is 9. The van der Waals surface area contributed by atoms with Crippen LogP contribution < -0.4 is 0 Å². The molecule has 0 spiro atoms. The maximum absolute atomic E-state index is 11.9. The van der Waals surface area contributed by atoms with E-state index in [1.165, 1.54) is 0 Å². The topological polar surface area (TPSA) is 190 Å². The minimum absolute atomic E-state index is 0.865. The largest absolute Gasteiger partial charge is 0.530 e. The molecule has 0 aromatic heterocycles. The van der Waals surface area contributed by atoms with E-state index in [2.05, 4.69) is 0 Å². The van der Waals surface area contributed by atoms with Crippen LogP contribution in [0, 0.1) is 40.5 Å². The summed E-state index contributed by atoms with van der Waals surface area (Å²) >= 11 is 0. The van der Waals surface area contributed by atoms with Gasteiger partial charge in [-0.1, -0.05) is 13.8 Å². The Kier molecular flexibility index (Phi) is 4.75. The van der Waals surface area contributed by atoms with E-state index in [9.17, 15) is 45.3 Å². The van der Waals surface area contributed by atoms with Gasteiger partial charge in [0.2, 0.25) is 0 Å². The zero-order valence-corrected chi connectivity index (χ0v) is 10.4. The normalized spacial score (nSPS) is 11.7. The molecule has 0 aromatic carbocycles. The van der Waals surface area contributed by atoms with Crippen molar-refractivity contribution >= 4 is 5.78 Å². The fourth-order valence-corrected chi connectivity index (χ4v) is 1.62. The zero-order valence-electron chi connectivity index (χ0n) is 10.4. The van der Waals surface area contributed by atoms with Crippen molar-refractivity contribution in [3.8, 4) is 0 Å². The molecule has 0 rings (SSSR count). The van der Waals surface area contributed by atoms with Gasteiger partial charge in [0, 0.05) is 0 Å². The van der Waals surface area contributed by atoms with E-state index in [4.69, 9.17) is 0 Å².